The van der Waals surface area contributed by atoms with Crippen LogP contribution >= 0.6 is 0 Å². The molecule has 0 aromatic heterocycles. The number of benzene rings is 3. The van der Waals surface area contributed by atoms with Crippen molar-refractivity contribution in [3.63, 3.8) is 0 Å². The van der Waals surface area contributed by atoms with Gasteiger partial charge >= 0.3 is 6.18 Å². The molecule has 0 aliphatic carbocycles. The average molecular weight is 597 g/mol. The second-order valence-electron chi connectivity index (χ2n) is 10.2. The first kappa shape index (κ1) is 30.8. The van der Waals surface area contributed by atoms with Gasteiger partial charge in [0.2, 0.25) is 0 Å². The second kappa shape index (κ2) is 13.2. The number of fused-ring (bicyclic) bond motifs is 1. The molecule has 1 heterocycles. The Hall–Kier alpha value is -3.18. The fraction of sp³-hybridized carbons (Fsp3) is 0.400. The molecule has 0 atom stereocenters. The van der Waals surface area contributed by atoms with E-state index in [1.807, 2.05) is 4.90 Å². The highest BCUT2D eigenvalue weighted by atomic mass is 32.2. The number of unbranched alkanes of at least 4 members (excludes halogenated alkanes) is 3. The van der Waals surface area contributed by atoms with E-state index in [1.165, 1.54) is 18.2 Å². The van der Waals surface area contributed by atoms with Crippen LogP contribution in [0.2, 0.25) is 0 Å². The van der Waals surface area contributed by atoms with Crippen molar-refractivity contribution in [2.24, 2.45) is 0 Å². The number of nitrogens with zero attached hydrogens (tertiary/aromatic N) is 1. The van der Waals surface area contributed by atoms with Crippen molar-refractivity contribution >= 4 is 15.7 Å². The standard InChI is InChI=1S/C30H33F5N2O3S/c1-2-3-4-5-16-40-25-9-11-29(28(32)19-25)36-41(38,39)26-10-7-23-20-37(15-13-22(23)17-26)14-12-21-6-8-24(18-27(21)31)30(33,34)35/h6-11,17-19,36H,2-5,12-16,20H2,1H3. The van der Waals surface area contributed by atoms with E-state index in [4.69, 9.17) is 4.74 Å². The maximum atomic E-state index is 14.6. The minimum atomic E-state index is -4.60. The molecule has 3 aromatic rings. The minimum absolute atomic E-state index is 0.00664. The molecule has 1 aliphatic rings. The van der Waals surface area contributed by atoms with Gasteiger partial charge in [0.25, 0.3) is 10.0 Å². The Bertz CT molecular complexity index is 1460. The monoisotopic (exact) mass is 596 g/mol. The number of rotatable bonds is 12. The molecular formula is C30H33F5N2O3S. The number of halogens is 5. The summed E-state index contributed by atoms with van der Waals surface area (Å²) in [5.41, 5.74) is 0.734. The minimum Gasteiger partial charge on any atom is -0.493 e. The Labute approximate surface area is 237 Å². The van der Waals surface area contributed by atoms with Gasteiger partial charge in [0.05, 0.1) is 22.8 Å². The summed E-state index contributed by atoms with van der Waals surface area (Å²) in [6, 6.07) is 11.3. The molecule has 0 radical (unpaired) electrons. The van der Waals surface area contributed by atoms with Gasteiger partial charge in [0.1, 0.15) is 11.6 Å². The molecule has 0 saturated carbocycles. The predicted octanol–water partition coefficient (Wildman–Crippen LogP) is 7.34. The quantitative estimate of drug-likeness (QED) is 0.176. The summed E-state index contributed by atoms with van der Waals surface area (Å²) in [5.74, 6) is -1.29. The third-order valence-corrected chi connectivity index (χ3v) is 8.47. The topological polar surface area (TPSA) is 58.6 Å². The van der Waals surface area contributed by atoms with Crippen molar-refractivity contribution in [3.8, 4) is 5.75 Å². The van der Waals surface area contributed by atoms with Crippen LogP contribution in [0.5, 0.6) is 5.75 Å². The van der Waals surface area contributed by atoms with Gasteiger partial charge in [-0.3, -0.25) is 9.62 Å². The molecule has 3 aromatic carbocycles. The first-order valence-corrected chi connectivity index (χ1v) is 15.1. The van der Waals surface area contributed by atoms with Gasteiger partial charge in [-0.05, 0) is 72.4 Å². The number of alkyl halides is 3. The molecule has 0 bridgehead atoms. The summed E-state index contributed by atoms with van der Waals surface area (Å²) in [6.45, 7) is 4.06. The van der Waals surface area contributed by atoms with Crippen molar-refractivity contribution in [3.05, 3.63) is 88.5 Å². The molecule has 5 nitrogen and oxygen atoms in total. The van der Waals surface area contributed by atoms with Crippen molar-refractivity contribution in [2.75, 3.05) is 24.4 Å². The Morgan fingerprint density at radius 2 is 1.73 bits per heavy atom. The lowest BCUT2D eigenvalue weighted by molar-refractivity contribution is -0.137. The van der Waals surface area contributed by atoms with Gasteiger partial charge < -0.3 is 4.74 Å². The second-order valence-corrected chi connectivity index (χ2v) is 11.8. The molecule has 41 heavy (non-hydrogen) atoms. The first-order valence-electron chi connectivity index (χ1n) is 13.6. The van der Waals surface area contributed by atoms with Crippen molar-refractivity contribution < 1.29 is 35.1 Å². The van der Waals surface area contributed by atoms with Crippen LogP contribution < -0.4 is 9.46 Å². The van der Waals surface area contributed by atoms with Gasteiger partial charge in [0, 0.05) is 25.7 Å². The van der Waals surface area contributed by atoms with Gasteiger partial charge in [-0.2, -0.15) is 13.2 Å². The zero-order valence-electron chi connectivity index (χ0n) is 22.7. The molecule has 0 saturated heterocycles. The smallest absolute Gasteiger partial charge is 0.416 e. The summed E-state index contributed by atoms with van der Waals surface area (Å²) in [4.78, 5) is 2.04. The molecular weight excluding hydrogens is 563 g/mol. The van der Waals surface area contributed by atoms with Crippen LogP contribution in [0, 0.1) is 11.6 Å². The van der Waals surface area contributed by atoms with E-state index >= 15 is 0 Å². The molecule has 1 N–H and O–H groups in total. The van der Waals surface area contributed by atoms with E-state index in [-0.39, 0.29) is 22.6 Å². The lowest BCUT2D eigenvalue weighted by atomic mass is 9.99. The third-order valence-electron chi connectivity index (χ3n) is 7.11. The van der Waals surface area contributed by atoms with Gasteiger partial charge in [0.15, 0.2) is 5.82 Å². The van der Waals surface area contributed by atoms with Crippen molar-refractivity contribution in [1.29, 1.82) is 0 Å². The Morgan fingerprint density at radius 3 is 2.44 bits per heavy atom. The van der Waals surface area contributed by atoms with Crippen LogP contribution in [0.3, 0.4) is 0 Å². The SMILES string of the molecule is CCCCCCOc1ccc(NS(=O)(=O)c2ccc3c(c2)CCN(CCc2ccc(C(F)(F)F)cc2F)C3)c(F)c1. The van der Waals surface area contributed by atoms with E-state index in [2.05, 4.69) is 11.6 Å². The highest BCUT2D eigenvalue weighted by molar-refractivity contribution is 7.92. The van der Waals surface area contributed by atoms with Crippen molar-refractivity contribution in [2.45, 2.75) is 63.1 Å². The van der Waals surface area contributed by atoms with E-state index in [0.29, 0.717) is 44.5 Å². The van der Waals surface area contributed by atoms with Crippen LogP contribution in [0.1, 0.15) is 54.9 Å². The molecule has 4 rings (SSSR count). The number of anilines is 1. The third kappa shape index (κ3) is 8.19. The van der Waals surface area contributed by atoms with Gasteiger partial charge in [-0.15, -0.1) is 0 Å². The van der Waals surface area contributed by atoms with E-state index in [1.54, 1.807) is 12.1 Å². The zero-order chi connectivity index (χ0) is 29.6. The van der Waals surface area contributed by atoms with Crippen LogP contribution in [-0.4, -0.2) is 33.0 Å². The van der Waals surface area contributed by atoms with Gasteiger partial charge in [-0.1, -0.05) is 38.3 Å². The van der Waals surface area contributed by atoms with E-state index in [9.17, 15) is 30.4 Å². The molecule has 222 valence electrons. The largest absolute Gasteiger partial charge is 0.493 e. The molecule has 0 fully saturated rings. The number of ether oxygens (including phenoxy) is 1. The predicted molar refractivity (Wildman–Crippen MR) is 147 cm³/mol. The van der Waals surface area contributed by atoms with Gasteiger partial charge in [-0.25, -0.2) is 17.2 Å². The van der Waals surface area contributed by atoms with E-state index < -0.39 is 33.4 Å². The summed E-state index contributed by atoms with van der Waals surface area (Å²) in [6.07, 6.45) is 0.265. The van der Waals surface area contributed by atoms with Crippen LogP contribution in [0.25, 0.3) is 0 Å². The Morgan fingerprint density at radius 1 is 0.927 bits per heavy atom. The summed E-state index contributed by atoms with van der Waals surface area (Å²) < 4.78 is 101. The highest BCUT2D eigenvalue weighted by Gasteiger charge is 2.31. The van der Waals surface area contributed by atoms with Crippen LogP contribution in [0.15, 0.2) is 59.5 Å². The first-order chi connectivity index (χ1) is 19.5. The summed E-state index contributed by atoms with van der Waals surface area (Å²) >= 11 is 0. The normalized spacial score (nSPS) is 14.1. The van der Waals surface area contributed by atoms with Crippen molar-refractivity contribution in [1.82, 2.24) is 4.90 Å². The molecule has 0 unspecified atom stereocenters. The Balaban J connectivity index is 1.35. The maximum Gasteiger partial charge on any atom is 0.416 e. The fourth-order valence-corrected chi connectivity index (χ4v) is 5.86. The number of sulfonamides is 1. The van der Waals surface area contributed by atoms with E-state index in [0.717, 1.165) is 55.0 Å². The highest BCUT2D eigenvalue weighted by Crippen LogP contribution is 2.31. The Kier molecular flexibility index (Phi) is 9.91. The maximum absolute atomic E-state index is 14.6. The molecule has 0 amide bonds. The fourth-order valence-electron chi connectivity index (χ4n) is 4.74. The number of hydrogen-bond acceptors (Lipinski definition) is 4. The summed E-state index contributed by atoms with van der Waals surface area (Å²) in [7, 11) is -4.05. The lowest BCUT2D eigenvalue weighted by Crippen LogP contribution is -2.32. The molecule has 0 spiro atoms. The molecule has 11 heteroatoms. The van der Waals surface area contributed by atoms with Crippen LogP contribution in [0.4, 0.5) is 27.6 Å². The molecule has 1 aliphatic heterocycles. The zero-order valence-corrected chi connectivity index (χ0v) is 23.6. The number of hydrogen-bond donors (Lipinski definition) is 1. The number of nitrogens with one attached hydrogen (secondary N) is 1. The average Bonchev–Trinajstić information content (AvgIpc) is 2.92. The lowest BCUT2D eigenvalue weighted by Gasteiger charge is -2.29. The summed E-state index contributed by atoms with van der Waals surface area (Å²) in [5, 5.41) is 0. The van der Waals surface area contributed by atoms with Crippen LogP contribution in [-0.2, 0) is 35.6 Å².